The second kappa shape index (κ2) is 13.0. The molecule has 0 heterocycles. The van der Waals surface area contributed by atoms with E-state index in [0.717, 1.165) is 0 Å². The summed E-state index contributed by atoms with van der Waals surface area (Å²) < 4.78 is 0. The van der Waals surface area contributed by atoms with Crippen molar-refractivity contribution < 1.29 is 0 Å². The van der Waals surface area contributed by atoms with Gasteiger partial charge < -0.3 is 0 Å². The molecule has 0 unspecified atom stereocenters. The van der Waals surface area contributed by atoms with Gasteiger partial charge in [0.2, 0.25) is 0 Å². The maximum Gasteiger partial charge on any atom is 0.0842 e. The Morgan fingerprint density at radius 1 is 0.826 bits per heavy atom. The molecule has 0 aliphatic heterocycles. The summed E-state index contributed by atoms with van der Waals surface area (Å²) in [5.74, 6) is 0. The first-order valence-electron chi connectivity index (χ1n) is 9.26. The molecule has 0 fully saturated rings. The van der Waals surface area contributed by atoms with Crippen molar-refractivity contribution in [3.05, 3.63) is 42.0 Å². The van der Waals surface area contributed by atoms with Crippen LogP contribution in [0.5, 0.6) is 0 Å². The highest BCUT2D eigenvalue weighted by molar-refractivity contribution is 7.75. The van der Waals surface area contributed by atoms with Crippen LogP contribution in [-0.2, 0) is 6.16 Å². The smallest absolute Gasteiger partial charge is 0.0842 e. The van der Waals surface area contributed by atoms with Crippen molar-refractivity contribution in [2.75, 3.05) is 18.5 Å². The summed E-state index contributed by atoms with van der Waals surface area (Å²) in [7, 11) is -0.817. The minimum atomic E-state index is -0.817. The van der Waals surface area contributed by atoms with Crippen LogP contribution in [-0.4, -0.2) is 18.5 Å². The fourth-order valence-corrected chi connectivity index (χ4v) is 8.29. The first-order chi connectivity index (χ1) is 10.7. The molecule has 0 nitrogen and oxygen atoms in total. The zero-order valence-corrected chi connectivity index (χ0v) is 17.2. The Hall–Kier alpha value is -0.320. The molecule has 0 saturated carbocycles. The van der Waals surface area contributed by atoms with E-state index in [4.69, 9.17) is 0 Å². The van der Waals surface area contributed by atoms with Crippen LogP contribution in [0.3, 0.4) is 0 Å². The highest BCUT2D eigenvalue weighted by Gasteiger charge is 2.35. The summed E-state index contributed by atoms with van der Waals surface area (Å²) in [4.78, 5) is 0. The van der Waals surface area contributed by atoms with E-state index in [1.165, 1.54) is 68.7 Å². The van der Waals surface area contributed by atoms with Crippen molar-refractivity contribution in [1.29, 1.82) is 0 Å². The molecule has 0 spiro atoms. The van der Waals surface area contributed by atoms with Crippen molar-refractivity contribution in [2.24, 2.45) is 0 Å². The van der Waals surface area contributed by atoms with E-state index in [1.807, 2.05) is 6.08 Å². The van der Waals surface area contributed by atoms with Crippen LogP contribution in [0.2, 0.25) is 0 Å². The van der Waals surface area contributed by atoms with Gasteiger partial charge in [-0.3, -0.25) is 0 Å². The standard InChI is InChI=1S/C21H36P.ClH/c1-5-9-16-22(17-10-6-2,18-11-7-3)19-21-14-12-20(8-4)13-15-21;/h8,12-15H,4-7,9-11,16-19H2,1-3H3;1H/q+1;. The minimum absolute atomic E-state index is 0. The van der Waals surface area contributed by atoms with Crippen molar-refractivity contribution in [3.8, 4) is 0 Å². The lowest BCUT2D eigenvalue weighted by Gasteiger charge is -2.28. The first-order valence-corrected chi connectivity index (χ1v) is 11.8. The predicted molar refractivity (Wildman–Crippen MR) is 114 cm³/mol. The number of halogens is 1. The van der Waals surface area contributed by atoms with E-state index in [9.17, 15) is 0 Å². The molecule has 132 valence electrons. The van der Waals surface area contributed by atoms with Gasteiger partial charge in [0.15, 0.2) is 0 Å². The molecule has 1 rings (SSSR count). The van der Waals surface area contributed by atoms with Gasteiger partial charge in [-0.15, -0.1) is 12.4 Å². The molecule has 2 heteroatoms. The monoisotopic (exact) mass is 355 g/mol. The van der Waals surface area contributed by atoms with Gasteiger partial charge in [0.05, 0.1) is 24.6 Å². The van der Waals surface area contributed by atoms with Crippen LogP contribution in [0.4, 0.5) is 0 Å². The Balaban J connectivity index is 0.00000484. The highest BCUT2D eigenvalue weighted by atomic mass is 35.5. The summed E-state index contributed by atoms with van der Waals surface area (Å²) in [6.45, 7) is 10.9. The molecule has 0 aromatic heterocycles. The second-order valence-electron chi connectivity index (χ2n) is 6.68. The number of hydrogen-bond donors (Lipinski definition) is 0. The second-order valence-corrected chi connectivity index (χ2v) is 11.0. The van der Waals surface area contributed by atoms with Gasteiger partial charge in [-0.05, 0) is 30.4 Å². The van der Waals surface area contributed by atoms with Gasteiger partial charge in [0, 0.05) is 7.26 Å². The van der Waals surface area contributed by atoms with E-state index in [-0.39, 0.29) is 12.4 Å². The maximum absolute atomic E-state index is 3.86. The van der Waals surface area contributed by atoms with Crippen LogP contribution in [0.1, 0.15) is 70.4 Å². The van der Waals surface area contributed by atoms with E-state index < -0.39 is 7.26 Å². The third kappa shape index (κ3) is 8.37. The highest BCUT2D eigenvalue weighted by Crippen LogP contribution is 2.63. The minimum Gasteiger partial charge on any atom is -0.147 e. The topological polar surface area (TPSA) is 0 Å². The Labute approximate surface area is 151 Å². The van der Waals surface area contributed by atoms with E-state index in [0.29, 0.717) is 0 Å². The predicted octanol–water partition coefficient (Wildman–Crippen LogP) is 7.67. The van der Waals surface area contributed by atoms with Crippen LogP contribution >= 0.6 is 19.7 Å². The molecule has 0 radical (unpaired) electrons. The Morgan fingerprint density at radius 3 is 1.61 bits per heavy atom. The van der Waals surface area contributed by atoms with Gasteiger partial charge in [-0.1, -0.05) is 77.0 Å². The van der Waals surface area contributed by atoms with Crippen LogP contribution in [0, 0.1) is 0 Å². The van der Waals surface area contributed by atoms with Crippen LogP contribution in [0.15, 0.2) is 30.8 Å². The molecule has 0 bridgehead atoms. The average molecular weight is 356 g/mol. The van der Waals surface area contributed by atoms with Gasteiger partial charge in [0.25, 0.3) is 0 Å². The first kappa shape index (κ1) is 22.7. The Kier molecular flexibility index (Phi) is 12.8. The lowest BCUT2D eigenvalue weighted by molar-refractivity contribution is 0.832. The molecule has 0 N–H and O–H groups in total. The summed E-state index contributed by atoms with van der Waals surface area (Å²) in [6.07, 6.45) is 16.1. The van der Waals surface area contributed by atoms with Gasteiger partial charge in [-0.25, -0.2) is 0 Å². The van der Waals surface area contributed by atoms with E-state index >= 15 is 0 Å². The fraction of sp³-hybridized carbons (Fsp3) is 0.619. The largest absolute Gasteiger partial charge is 0.147 e. The lowest BCUT2D eigenvalue weighted by atomic mass is 10.1. The molecule has 0 amide bonds. The van der Waals surface area contributed by atoms with Crippen molar-refractivity contribution >= 4 is 25.7 Å². The number of unbranched alkanes of at least 4 members (excludes halogenated alkanes) is 3. The normalized spacial score (nSPS) is 11.1. The SMILES string of the molecule is C=Cc1ccc(C[P+](CCCC)(CCCC)CCCC)cc1.Cl. The summed E-state index contributed by atoms with van der Waals surface area (Å²) in [5.41, 5.74) is 2.80. The van der Waals surface area contributed by atoms with Gasteiger partial charge in [-0.2, -0.15) is 0 Å². The Bertz CT molecular complexity index is 389. The molecule has 1 aromatic carbocycles. The fourth-order valence-electron chi connectivity index (χ4n) is 3.20. The molecule has 23 heavy (non-hydrogen) atoms. The molecule has 0 saturated heterocycles. The average Bonchev–Trinajstić information content (AvgIpc) is 2.56. The molecular formula is C21H37ClP+. The van der Waals surface area contributed by atoms with E-state index in [2.05, 4.69) is 51.6 Å². The number of rotatable bonds is 12. The van der Waals surface area contributed by atoms with E-state index in [1.54, 1.807) is 5.56 Å². The Morgan fingerprint density at radius 2 is 1.26 bits per heavy atom. The number of benzene rings is 1. The van der Waals surface area contributed by atoms with Gasteiger partial charge >= 0.3 is 0 Å². The maximum atomic E-state index is 3.86. The van der Waals surface area contributed by atoms with Crippen molar-refractivity contribution in [3.63, 3.8) is 0 Å². The third-order valence-electron chi connectivity index (χ3n) is 4.69. The molecular weight excluding hydrogens is 319 g/mol. The molecule has 0 aliphatic carbocycles. The summed E-state index contributed by atoms with van der Waals surface area (Å²) in [5, 5.41) is 0. The van der Waals surface area contributed by atoms with Gasteiger partial charge in [0.1, 0.15) is 0 Å². The van der Waals surface area contributed by atoms with Crippen molar-refractivity contribution in [1.82, 2.24) is 0 Å². The molecule has 0 atom stereocenters. The molecule has 0 aliphatic rings. The van der Waals surface area contributed by atoms with Crippen molar-refractivity contribution in [2.45, 2.75) is 65.5 Å². The third-order valence-corrected chi connectivity index (χ3v) is 9.52. The summed E-state index contributed by atoms with van der Waals surface area (Å²) >= 11 is 0. The van der Waals surface area contributed by atoms with Crippen LogP contribution < -0.4 is 0 Å². The zero-order chi connectivity index (χ0) is 16.3. The number of hydrogen-bond acceptors (Lipinski definition) is 0. The molecule has 1 aromatic rings. The van der Waals surface area contributed by atoms with Crippen LogP contribution in [0.25, 0.3) is 6.08 Å². The summed E-state index contributed by atoms with van der Waals surface area (Å²) in [6, 6.07) is 9.15. The quantitative estimate of drug-likeness (QED) is 0.337. The lowest BCUT2D eigenvalue weighted by Crippen LogP contribution is -2.11. The zero-order valence-electron chi connectivity index (χ0n) is 15.5.